The number of carbonyl (C=O) groups is 1. The number of aliphatic hydroxyl groups is 1. The first-order valence-electron chi connectivity index (χ1n) is 7.50. The van der Waals surface area contributed by atoms with E-state index in [1.807, 2.05) is 6.92 Å². The maximum Gasteiger partial charge on any atom is 0.254 e. The van der Waals surface area contributed by atoms with Gasteiger partial charge in [0.1, 0.15) is 5.82 Å². The van der Waals surface area contributed by atoms with Crippen LogP contribution in [0.5, 0.6) is 0 Å². The van der Waals surface area contributed by atoms with Crippen LogP contribution < -0.4 is 16.4 Å². The molecule has 120 valence electrons. The van der Waals surface area contributed by atoms with Crippen molar-refractivity contribution in [3.8, 4) is 0 Å². The summed E-state index contributed by atoms with van der Waals surface area (Å²) in [6, 6.07) is 0.179. The van der Waals surface area contributed by atoms with Crippen molar-refractivity contribution in [3.05, 3.63) is 24.4 Å². The third-order valence-electron chi connectivity index (χ3n) is 3.80. The van der Waals surface area contributed by atoms with E-state index in [0.29, 0.717) is 11.8 Å². The molecule has 1 atom stereocenters. The molecule has 7 nitrogen and oxygen atoms in total. The summed E-state index contributed by atoms with van der Waals surface area (Å²) in [5, 5.41) is 15.9. The Bertz CT molecular complexity index is 541. The normalized spacial score (nSPS) is 22.6. The van der Waals surface area contributed by atoms with E-state index in [1.165, 1.54) is 6.20 Å². The predicted molar refractivity (Wildman–Crippen MR) is 85.7 cm³/mol. The minimum atomic E-state index is -0.578. The zero-order chi connectivity index (χ0) is 16.1. The number of carbonyl (C=O) groups excluding carboxylic acids is 1. The molecule has 0 bridgehead atoms. The van der Waals surface area contributed by atoms with E-state index in [0.717, 1.165) is 25.7 Å². The molecule has 0 radical (unpaired) electrons. The molecule has 5 N–H and O–H groups in total. The lowest BCUT2D eigenvalue weighted by atomic mass is 9.93. The van der Waals surface area contributed by atoms with Crippen LogP contribution in [0, 0.1) is 0 Å². The van der Waals surface area contributed by atoms with Crippen molar-refractivity contribution in [1.82, 2.24) is 9.97 Å². The van der Waals surface area contributed by atoms with Gasteiger partial charge in [0.25, 0.3) is 5.91 Å². The summed E-state index contributed by atoms with van der Waals surface area (Å²) in [4.78, 5) is 20.0. The lowest BCUT2D eigenvalue weighted by molar-refractivity contribution is 0.100. The molecule has 1 aliphatic rings. The van der Waals surface area contributed by atoms with Crippen LogP contribution in [0.25, 0.3) is 0 Å². The maximum atomic E-state index is 11.5. The highest BCUT2D eigenvalue weighted by atomic mass is 16.3. The van der Waals surface area contributed by atoms with E-state index in [2.05, 4.69) is 27.2 Å². The average Bonchev–Trinajstić information content (AvgIpc) is 2.49. The number of aliphatic hydroxyl groups excluding tert-OH is 1. The Labute approximate surface area is 130 Å². The van der Waals surface area contributed by atoms with Gasteiger partial charge in [-0.15, -0.1) is 6.58 Å². The Morgan fingerprint density at radius 2 is 2.18 bits per heavy atom. The van der Waals surface area contributed by atoms with Crippen LogP contribution in [0.15, 0.2) is 18.9 Å². The Morgan fingerprint density at radius 1 is 1.50 bits per heavy atom. The summed E-state index contributed by atoms with van der Waals surface area (Å²) in [6.45, 7) is 5.59. The maximum absolute atomic E-state index is 11.5. The topological polar surface area (TPSA) is 113 Å². The Hall–Kier alpha value is -2.15. The standard InChI is InChI=1S/C15H23N5O2/c1-3-9(2)18-14-12(13(16)22)8-17-15(20-14)19-10-4-6-11(21)7-5-10/h3,8-11,21H,1,4-7H2,2H3,(H2,16,22)(H2,17,18,19,20)/t9?,10-,11-. The molecule has 1 heterocycles. The van der Waals surface area contributed by atoms with Crippen LogP contribution in [-0.4, -0.2) is 39.2 Å². The highest BCUT2D eigenvalue weighted by molar-refractivity contribution is 5.97. The molecule has 1 aromatic rings. The fourth-order valence-electron chi connectivity index (χ4n) is 2.42. The van der Waals surface area contributed by atoms with Gasteiger partial charge in [0.05, 0.1) is 11.7 Å². The lowest BCUT2D eigenvalue weighted by Crippen LogP contribution is -2.29. The number of nitrogens with two attached hydrogens (primary N) is 1. The fourth-order valence-corrected chi connectivity index (χ4v) is 2.42. The fraction of sp³-hybridized carbons (Fsp3) is 0.533. The minimum Gasteiger partial charge on any atom is -0.393 e. The van der Waals surface area contributed by atoms with Crippen LogP contribution >= 0.6 is 0 Å². The van der Waals surface area contributed by atoms with Crippen molar-refractivity contribution in [2.24, 2.45) is 5.73 Å². The van der Waals surface area contributed by atoms with E-state index in [1.54, 1.807) is 6.08 Å². The molecule has 2 rings (SSSR count). The van der Waals surface area contributed by atoms with Crippen LogP contribution in [0.1, 0.15) is 43.0 Å². The predicted octanol–water partition coefficient (Wildman–Crippen LogP) is 1.28. The van der Waals surface area contributed by atoms with Gasteiger partial charge in [0.15, 0.2) is 0 Å². The van der Waals surface area contributed by atoms with Gasteiger partial charge in [-0.1, -0.05) is 6.08 Å². The number of hydrogen-bond acceptors (Lipinski definition) is 6. The molecule has 0 aromatic carbocycles. The van der Waals surface area contributed by atoms with Crippen molar-refractivity contribution in [2.75, 3.05) is 10.6 Å². The second-order valence-corrected chi connectivity index (χ2v) is 5.64. The van der Waals surface area contributed by atoms with Crippen LogP contribution in [0.2, 0.25) is 0 Å². The molecule has 0 aliphatic heterocycles. The van der Waals surface area contributed by atoms with Crippen molar-refractivity contribution in [3.63, 3.8) is 0 Å². The summed E-state index contributed by atoms with van der Waals surface area (Å²) in [7, 11) is 0. The van der Waals surface area contributed by atoms with E-state index < -0.39 is 5.91 Å². The smallest absolute Gasteiger partial charge is 0.254 e. The van der Waals surface area contributed by atoms with E-state index in [-0.39, 0.29) is 23.8 Å². The highest BCUT2D eigenvalue weighted by Gasteiger charge is 2.21. The number of anilines is 2. The van der Waals surface area contributed by atoms with Crippen molar-refractivity contribution < 1.29 is 9.90 Å². The van der Waals surface area contributed by atoms with Gasteiger partial charge in [-0.25, -0.2) is 4.98 Å². The Kier molecular flexibility index (Phi) is 5.32. The van der Waals surface area contributed by atoms with Gasteiger partial charge in [-0.3, -0.25) is 4.79 Å². The number of aromatic nitrogens is 2. The second-order valence-electron chi connectivity index (χ2n) is 5.64. The third-order valence-corrected chi connectivity index (χ3v) is 3.80. The third kappa shape index (κ3) is 4.17. The number of primary amides is 1. The van der Waals surface area contributed by atoms with Gasteiger partial charge in [0, 0.05) is 18.3 Å². The lowest BCUT2D eigenvalue weighted by Gasteiger charge is -2.26. The van der Waals surface area contributed by atoms with E-state index in [4.69, 9.17) is 5.73 Å². The molecular formula is C15H23N5O2. The van der Waals surface area contributed by atoms with Crippen LogP contribution in [0.4, 0.5) is 11.8 Å². The first kappa shape index (κ1) is 16.2. The number of amides is 1. The molecule has 7 heteroatoms. The van der Waals surface area contributed by atoms with E-state index in [9.17, 15) is 9.90 Å². The quantitative estimate of drug-likeness (QED) is 0.589. The monoisotopic (exact) mass is 305 g/mol. The number of nitrogens with zero attached hydrogens (tertiary/aromatic N) is 2. The SMILES string of the molecule is C=CC(C)Nc1nc(N[C@H]2CC[C@H](O)CC2)ncc1C(N)=O. The van der Waals surface area contributed by atoms with Gasteiger partial charge in [-0.2, -0.15) is 4.98 Å². The molecule has 22 heavy (non-hydrogen) atoms. The molecule has 0 saturated heterocycles. The minimum absolute atomic E-state index is 0.0503. The van der Waals surface area contributed by atoms with Crippen LogP contribution in [0.3, 0.4) is 0 Å². The molecule has 0 spiro atoms. The van der Waals surface area contributed by atoms with Crippen molar-refractivity contribution in [1.29, 1.82) is 0 Å². The van der Waals surface area contributed by atoms with Crippen molar-refractivity contribution in [2.45, 2.75) is 50.8 Å². The zero-order valence-electron chi connectivity index (χ0n) is 12.7. The molecule has 1 amide bonds. The molecule has 1 aromatic heterocycles. The van der Waals surface area contributed by atoms with Gasteiger partial charge in [-0.05, 0) is 32.6 Å². The largest absolute Gasteiger partial charge is 0.393 e. The zero-order valence-corrected chi connectivity index (χ0v) is 12.7. The summed E-state index contributed by atoms with van der Waals surface area (Å²) in [5.74, 6) is 0.268. The molecular weight excluding hydrogens is 282 g/mol. The van der Waals surface area contributed by atoms with Crippen LogP contribution in [-0.2, 0) is 0 Å². The first-order chi connectivity index (χ1) is 10.5. The number of nitrogens with one attached hydrogen (secondary N) is 2. The average molecular weight is 305 g/mol. The molecule has 1 unspecified atom stereocenters. The van der Waals surface area contributed by atoms with Gasteiger partial charge in [0.2, 0.25) is 5.95 Å². The van der Waals surface area contributed by atoms with Gasteiger partial charge >= 0.3 is 0 Å². The molecule has 1 fully saturated rings. The summed E-state index contributed by atoms with van der Waals surface area (Å²) >= 11 is 0. The number of hydrogen-bond donors (Lipinski definition) is 4. The Morgan fingerprint density at radius 3 is 2.77 bits per heavy atom. The summed E-state index contributed by atoms with van der Waals surface area (Å²) < 4.78 is 0. The molecule has 1 saturated carbocycles. The summed E-state index contributed by atoms with van der Waals surface area (Å²) in [6.07, 6.45) is 6.21. The second kappa shape index (κ2) is 7.22. The molecule has 1 aliphatic carbocycles. The number of rotatable bonds is 6. The van der Waals surface area contributed by atoms with Crippen molar-refractivity contribution >= 4 is 17.7 Å². The first-order valence-corrected chi connectivity index (χ1v) is 7.50. The van der Waals surface area contributed by atoms with E-state index >= 15 is 0 Å². The highest BCUT2D eigenvalue weighted by Crippen LogP contribution is 2.22. The summed E-state index contributed by atoms with van der Waals surface area (Å²) in [5.41, 5.74) is 5.60. The van der Waals surface area contributed by atoms with Gasteiger partial charge < -0.3 is 21.5 Å². The Balaban J connectivity index is 2.13.